The number of benzene rings is 2. The average Bonchev–Trinajstić information content (AvgIpc) is 3.08. The van der Waals surface area contributed by atoms with E-state index < -0.39 is 0 Å². The van der Waals surface area contributed by atoms with Gasteiger partial charge in [0.05, 0.1) is 5.69 Å². The van der Waals surface area contributed by atoms with Crippen LogP contribution >= 0.6 is 11.8 Å². The molecule has 6 heteroatoms. The molecule has 4 rings (SSSR count). The molecule has 0 spiro atoms. The molecule has 0 N–H and O–H groups in total. The lowest BCUT2D eigenvalue weighted by molar-refractivity contribution is 0.817. The molecule has 2 heterocycles. The molecule has 0 fully saturated rings. The first-order valence-corrected chi connectivity index (χ1v) is 8.54. The second-order valence-electron chi connectivity index (χ2n) is 5.36. The van der Waals surface area contributed by atoms with Crippen molar-refractivity contribution >= 4 is 22.9 Å². The van der Waals surface area contributed by atoms with Gasteiger partial charge in [-0.1, -0.05) is 65.5 Å². The summed E-state index contributed by atoms with van der Waals surface area (Å²) in [6.45, 7) is 2.16. The van der Waals surface area contributed by atoms with Gasteiger partial charge in [-0.05, 0) is 24.6 Å². The summed E-state index contributed by atoms with van der Waals surface area (Å²) in [6, 6.07) is 20.2. The molecule has 0 bridgehead atoms. The first kappa shape index (κ1) is 14.8. The van der Waals surface area contributed by atoms with E-state index in [0.717, 1.165) is 21.9 Å². The molecule has 1 atom stereocenters. The molecule has 0 aliphatic rings. The smallest absolute Gasteiger partial charge is 0.187 e. The number of fused-ring (bicyclic) bond motifs is 1. The van der Waals surface area contributed by atoms with E-state index in [1.165, 1.54) is 5.56 Å². The van der Waals surface area contributed by atoms with Gasteiger partial charge in [0.25, 0.3) is 0 Å². The number of rotatable bonds is 4. The third kappa shape index (κ3) is 2.76. The second-order valence-corrected chi connectivity index (χ2v) is 6.69. The summed E-state index contributed by atoms with van der Waals surface area (Å²) < 4.78 is 1.74. The van der Waals surface area contributed by atoms with E-state index in [0.29, 0.717) is 0 Å². The van der Waals surface area contributed by atoms with Gasteiger partial charge in [0.2, 0.25) is 0 Å². The van der Waals surface area contributed by atoms with Crippen LogP contribution < -0.4 is 0 Å². The lowest BCUT2D eigenvalue weighted by Crippen LogP contribution is -1.98. The van der Waals surface area contributed by atoms with Crippen LogP contribution in [0.15, 0.2) is 72.0 Å². The van der Waals surface area contributed by atoms with Crippen molar-refractivity contribution in [2.24, 2.45) is 0 Å². The predicted octanol–water partition coefficient (Wildman–Crippen LogP) is 4.06. The number of aromatic nitrogens is 5. The number of nitrogens with zero attached hydrogens (tertiary/aromatic N) is 5. The van der Waals surface area contributed by atoms with Crippen molar-refractivity contribution < 1.29 is 0 Å². The van der Waals surface area contributed by atoms with Crippen LogP contribution in [0.1, 0.15) is 17.7 Å². The zero-order valence-corrected chi connectivity index (χ0v) is 13.9. The van der Waals surface area contributed by atoms with E-state index in [2.05, 4.69) is 39.3 Å². The number of para-hydroxylation sites is 1. The quantitative estimate of drug-likeness (QED) is 0.416. The van der Waals surface area contributed by atoms with E-state index in [1.54, 1.807) is 22.8 Å². The Labute approximate surface area is 143 Å². The number of hydrogen-bond acceptors (Lipinski definition) is 5. The SMILES string of the molecule is CC(Sc1ncnc2c1nnn2-c1ccccc1)c1ccccc1. The summed E-state index contributed by atoms with van der Waals surface area (Å²) in [5.74, 6) is 0. The lowest BCUT2D eigenvalue weighted by atomic mass is 10.2. The van der Waals surface area contributed by atoms with Crippen molar-refractivity contribution in [3.8, 4) is 5.69 Å². The molecule has 0 amide bonds. The van der Waals surface area contributed by atoms with Crippen LogP contribution in [0.5, 0.6) is 0 Å². The topological polar surface area (TPSA) is 56.5 Å². The standard InChI is InChI=1S/C18H15N5S/c1-13(14-8-4-2-5-9-14)24-18-16-17(19-12-20-18)23(22-21-16)15-10-6-3-7-11-15/h2-13H,1H3. The van der Waals surface area contributed by atoms with Gasteiger partial charge in [-0.3, -0.25) is 0 Å². The molecule has 0 aliphatic carbocycles. The Morgan fingerprint density at radius 3 is 2.38 bits per heavy atom. The molecule has 118 valence electrons. The van der Waals surface area contributed by atoms with Crippen molar-refractivity contribution in [1.29, 1.82) is 0 Å². The molecule has 0 aliphatic heterocycles. The largest absolute Gasteiger partial charge is 0.227 e. The highest BCUT2D eigenvalue weighted by Crippen LogP contribution is 2.36. The minimum atomic E-state index is 0.270. The average molecular weight is 333 g/mol. The van der Waals surface area contributed by atoms with Gasteiger partial charge in [-0.2, -0.15) is 4.68 Å². The highest BCUT2D eigenvalue weighted by Gasteiger charge is 2.16. The summed E-state index contributed by atoms with van der Waals surface area (Å²) >= 11 is 1.67. The second kappa shape index (κ2) is 6.41. The van der Waals surface area contributed by atoms with Crippen LogP contribution in [-0.4, -0.2) is 25.0 Å². The van der Waals surface area contributed by atoms with Gasteiger partial charge in [-0.25, -0.2) is 9.97 Å². The zero-order valence-electron chi connectivity index (χ0n) is 13.1. The molecular formula is C18H15N5S. The Morgan fingerprint density at radius 2 is 1.62 bits per heavy atom. The molecule has 1 unspecified atom stereocenters. The molecule has 2 aromatic heterocycles. The van der Waals surface area contributed by atoms with Gasteiger partial charge in [0.15, 0.2) is 11.2 Å². The Hall–Kier alpha value is -2.73. The highest BCUT2D eigenvalue weighted by molar-refractivity contribution is 7.99. The minimum Gasteiger partial charge on any atom is -0.227 e. The summed E-state index contributed by atoms with van der Waals surface area (Å²) in [4.78, 5) is 8.79. The van der Waals surface area contributed by atoms with Gasteiger partial charge >= 0.3 is 0 Å². The van der Waals surface area contributed by atoms with Crippen molar-refractivity contribution in [2.45, 2.75) is 17.2 Å². The molecule has 24 heavy (non-hydrogen) atoms. The monoisotopic (exact) mass is 333 g/mol. The van der Waals surface area contributed by atoms with E-state index >= 15 is 0 Å². The van der Waals surface area contributed by atoms with E-state index in [1.807, 2.05) is 48.5 Å². The predicted molar refractivity (Wildman–Crippen MR) is 95.2 cm³/mol. The van der Waals surface area contributed by atoms with Gasteiger partial charge in [-0.15, -0.1) is 5.10 Å². The van der Waals surface area contributed by atoms with Crippen molar-refractivity contribution in [2.75, 3.05) is 0 Å². The van der Waals surface area contributed by atoms with Crippen LogP contribution in [0.2, 0.25) is 0 Å². The molecule has 2 aromatic carbocycles. The van der Waals surface area contributed by atoms with E-state index in [9.17, 15) is 0 Å². The molecule has 4 aromatic rings. The Kier molecular flexibility index (Phi) is 3.96. The van der Waals surface area contributed by atoms with Crippen LogP contribution in [0.4, 0.5) is 0 Å². The van der Waals surface area contributed by atoms with Crippen LogP contribution in [0.25, 0.3) is 16.9 Å². The Balaban J connectivity index is 1.71. The highest BCUT2D eigenvalue weighted by atomic mass is 32.2. The van der Waals surface area contributed by atoms with Crippen molar-refractivity contribution in [3.63, 3.8) is 0 Å². The Bertz CT molecular complexity index is 953. The summed E-state index contributed by atoms with van der Waals surface area (Å²) in [7, 11) is 0. The van der Waals surface area contributed by atoms with E-state index in [4.69, 9.17) is 0 Å². The first-order valence-electron chi connectivity index (χ1n) is 7.66. The van der Waals surface area contributed by atoms with Crippen LogP contribution in [0.3, 0.4) is 0 Å². The fourth-order valence-electron chi connectivity index (χ4n) is 2.52. The molecule has 0 saturated carbocycles. The normalized spacial score (nSPS) is 12.4. The van der Waals surface area contributed by atoms with Gasteiger partial charge < -0.3 is 0 Å². The molecule has 0 saturated heterocycles. The zero-order chi connectivity index (χ0) is 16.4. The van der Waals surface area contributed by atoms with Crippen LogP contribution in [0, 0.1) is 0 Å². The third-order valence-corrected chi connectivity index (χ3v) is 4.91. The maximum absolute atomic E-state index is 4.42. The fourth-order valence-corrected chi connectivity index (χ4v) is 3.50. The summed E-state index contributed by atoms with van der Waals surface area (Å²) in [5, 5.41) is 9.68. The van der Waals surface area contributed by atoms with Crippen LogP contribution in [-0.2, 0) is 0 Å². The summed E-state index contributed by atoms with van der Waals surface area (Å²) in [6.07, 6.45) is 1.57. The maximum Gasteiger partial charge on any atom is 0.187 e. The fraction of sp³-hybridized carbons (Fsp3) is 0.111. The number of hydrogen-bond donors (Lipinski definition) is 0. The molecule has 5 nitrogen and oxygen atoms in total. The first-order chi connectivity index (χ1) is 11.8. The summed E-state index contributed by atoms with van der Waals surface area (Å²) in [5.41, 5.74) is 3.64. The van der Waals surface area contributed by atoms with Gasteiger partial charge in [0.1, 0.15) is 11.4 Å². The Morgan fingerprint density at radius 1 is 0.917 bits per heavy atom. The van der Waals surface area contributed by atoms with Crippen molar-refractivity contribution in [1.82, 2.24) is 25.0 Å². The lowest BCUT2D eigenvalue weighted by Gasteiger charge is -2.10. The van der Waals surface area contributed by atoms with Gasteiger partial charge in [0, 0.05) is 5.25 Å². The minimum absolute atomic E-state index is 0.270. The van der Waals surface area contributed by atoms with E-state index in [-0.39, 0.29) is 5.25 Å². The maximum atomic E-state index is 4.42. The third-order valence-electron chi connectivity index (χ3n) is 3.76. The van der Waals surface area contributed by atoms with Crippen molar-refractivity contribution in [3.05, 3.63) is 72.6 Å². The number of thioether (sulfide) groups is 1. The molecule has 0 radical (unpaired) electrons. The molecular weight excluding hydrogens is 318 g/mol.